The number of rotatable bonds is 11. The summed E-state index contributed by atoms with van der Waals surface area (Å²) in [5, 5.41) is 13.2. The highest BCUT2D eigenvalue weighted by Gasteiger charge is 2.22. The van der Waals surface area contributed by atoms with Crippen molar-refractivity contribution in [2.75, 3.05) is 25.1 Å². The van der Waals surface area contributed by atoms with Crippen molar-refractivity contribution in [1.82, 2.24) is 0 Å². The van der Waals surface area contributed by atoms with Gasteiger partial charge in [-0.05, 0) is 72.2 Å². The Labute approximate surface area is 191 Å². The van der Waals surface area contributed by atoms with E-state index in [-0.39, 0.29) is 6.04 Å². The molecule has 1 unspecified atom stereocenters. The predicted molar refractivity (Wildman–Crippen MR) is 130 cm³/mol. The summed E-state index contributed by atoms with van der Waals surface area (Å²) >= 11 is 0. The summed E-state index contributed by atoms with van der Waals surface area (Å²) in [5.74, 6) is 0.458. The van der Waals surface area contributed by atoms with Crippen LogP contribution in [-0.4, -0.2) is 36.9 Å². The van der Waals surface area contributed by atoms with E-state index in [4.69, 9.17) is 9.47 Å². The number of ether oxygens (including phenoxy) is 2. The van der Waals surface area contributed by atoms with Crippen molar-refractivity contribution in [3.05, 3.63) is 53.6 Å². The standard InChI is InChI=1S/C27H35NO4/c1-4-5-12-31-13-14-32-25-9-6-20(7-10-25)21-8-11-26-22(16-21)17-23(27(29)30)18-24(28-26)15-19(2)3/h6-11,16-17,19,24,28H,4-5,12-15,18H2,1-3H3,(H,29,30). The number of hydrogen-bond acceptors (Lipinski definition) is 4. The normalized spacial score (nSPS) is 15.5. The van der Waals surface area contributed by atoms with Crippen LogP contribution in [0, 0.1) is 5.92 Å². The molecule has 5 heteroatoms. The highest BCUT2D eigenvalue weighted by Crippen LogP contribution is 2.32. The van der Waals surface area contributed by atoms with E-state index in [2.05, 4.69) is 44.3 Å². The lowest BCUT2D eigenvalue weighted by molar-refractivity contribution is -0.132. The van der Waals surface area contributed by atoms with Crippen LogP contribution < -0.4 is 10.1 Å². The van der Waals surface area contributed by atoms with Gasteiger partial charge in [-0.25, -0.2) is 4.79 Å². The maximum absolute atomic E-state index is 11.8. The molecule has 1 atom stereocenters. The Kier molecular flexibility index (Phi) is 8.74. The average Bonchev–Trinajstić information content (AvgIpc) is 2.94. The zero-order valence-corrected chi connectivity index (χ0v) is 19.4. The lowest BCUT2D eigenvalue weighted by Gasteiger charge is -2.21. The fourth-order valence-corrected chi connectivity index (χ4v) is 3.95. The number of carboxylic acid groups (broad SMARTS) is 1. The molecular weight excluding hydrogens is 402 g/mol. The molecule has 0 amide bonds. The van der Waals surface area contributed by atoms with Gasteiger partial charge >= 0.3 is 5.97 Å². The second-order valence-corrected chi connectivity index (χ2v) is 8.79. The maximum atomic E-state index is 11.8. The molecule has 5 nitrogen and oxygen atoms in total. The number of nitrogens with one attached hydrogen (secondary N) is 1. The Hall–Kier alpha value is -2.79. The van der Waals surface area contributed by atoms with Gasteiger partial charge in [0.2, 0.25) is 0 Å². The number of benzene rings is 2. The third kappa shape index (κ3) is 6.86. The SMILES string of the molecule is CCCCOCCOc1ccc(-c2ccc3c(c2)C=C(C(=O)O)CC(CC(C)C)N3)cc1. The first-order chi connectivity index (χ1) is 15.5. The van der Waals surface area contributed by atoms with E-state index in [1.165, 1.54) is 0 Å². The van der Waals surface area contributed by atoms with E-state index < -0.39 is 5.97 Å². The van der Waals surface area contributed by atoms with Gasteiger partial charge in [0.05, 0.1) is 6.61 Å². The monoisotopic (exact) mass is 437 g/mol. The van der Waals surface area contributed by atoms with Gasteiger partial charge in [-0.15, -0.1) is 0 Å². The third-order valence-electron chi connectivity index (χ3n) is 5.56. The fourth-order valence-electron chi connectivity index (χ4n) is 3.95. The number of aliphatic carboxylic acids is 1. The van der Waals surface area contributed by atoms with Crippen LogP contribution in [0.1, 0.15) is 52.0 Å². The molecule has 172 valence electrons. The second-order valence-electron chi connectivity index (χ2n) is 8.79. The zero-order chi connectivity index (χ0) is 22.9. The smallest absolute Gasteiger partial charge is 0.331 e. The summed E-state index contributed by atoms with van der Waals surface area (Å²) in [7, 11) is 0. The molecule has 0 fully saturated rings. The average molecular weight is 438 g/mol. The summed E-state index contributed by atoms with van der Waals surface area (Å²) in [4.78, 5) is 11.8. The minimum absolute atomic E-state index is 0.117. The van der Waals surface area contributed by atoms with Crippen molar-refractivity contribution in [1.29, 1.82) is 0 Å². The minimum atomic E-state index is -0.848. The summed E-state index contributed by atoms with van der Waals surface area (Å²) in [5.41, 5.74) is 4.45. The Morgan fingerprint density at radius 3 is 2.53 bits per heavy atom. The molecule has 0 spiro atoms. The van der Waals surface area contributed by atoms with Crippen LogP contribution in [0.15, 0.2) is 48.0 Å². The molecule has 2 N–H and O–H groups in total. The first-order valence-corrected chi connectivity index (χ1v) is 11.6. The molecule has 2 aromatic rings. The number of unbranched alkanes of at least 4 members (excludes halogenated alkanes) is 1. The van der Waals surface area contributed by atoms with Crippen molar-refractivity contribution in [3.8, 4) is 16.9 Å². The van der Waals surface area contributed by atoms with Crippen LogP contribution in [0.3, 0.4) is 0 Å². The highest BCUT2D eigenvalue weighted by atomic mass is 16.5. The molecule has 32 heavy (non-hydrogen) atoms. The molecular formula is C27H35NO4. The first-order valence-electron chi connectivity index (χ1n) is 11.6. The molecule has 2 aromatic carbocycles. The Bertz CT molecular complexity index is 918. The van der Waals surface area contributed by atoms with Crippen molar-refractivity contribution < 1.29 is 19.4 Å². The van der Waals surface area contributed by atoms with Crippen molar-refractivity contribution in [3.63, 3.8) is 0 Å². The molecule has 0 bridgehead atoms. The van der Waals surface area contributed by atoms with Gasteiger partial charge in [0.1, 0.15) is 12.4 Å². The number of carboxylic acids is 1. The second kappa shape index (κ2) is 11.7. The molecule has 1 aliphatic rings. The van der Waals surface area contributed by atoms with E-state index in [1.54, 1.807) is 0 Å². The first kappa shape index (κ1) is 23.9. The minimum Gasteiger partial charge on any atom is -0.491 e. The van der Waals surface area contributed by atoms with Gasteiger partial charge in [-0.2, -0.15) is 0 Å². The summed E-state index contributed by atoms with van der Waals surface area (Å²) < 4.78 is 11.3. The van der Waals surface area contributed by atoms with E-state index >= 15 is 0 Å². The van der Waals surface area contributed by atoms with Gasteiger partial charge in [0.25, 0.3) is 0 Å². The maximum Gasteiger partial charge on any atom is 0.331 e. The van der Waals surface area contributed by atoms with E-state index in [0.29, 0.717) is 31.1 Å². The lowest BCUT2D eigenvalue weighted by Crippen LogP contribution is -2.22. The molecule has 0 saturated heterocycles. The lowest BCUT2D eigenvalue weighted by atomic mass is 9.97. The van der Waals surface area contributed by atoms with Crippen LogP contribution in [0.5, 0.6) is 5.75 Å². The summed E-state index contributed by atoms with van der Waals surface area (Å²) in [6, 6.07) is 14.3. The van der Waals surface area contributed by atoms with Gasteiger partial charge < -0.3 is 19.9 Å². The number of hydrogen-bond donors (Lipinski definition) is 2. The number of anilines is 1. The summed E-state index contributed by atoms with van der Waals surface area (Å²) in [6.07, 6.45) is 5.46. The zero-order valence-electron chi connectivity index (χ0n) is 19.4. The quantitative estimate of drug-likeness (QED) is 0.407. The molecule has 3 rings (SSSR count). The van der Waals surface area contributed by atoms with E-state index in [0.717, 1.165) is 54.0 Å². The third-order valence-corrected chi connectivity index (χ3v) is 5.56. The Morgan fingerprint density at radius 2 is 1.84 bits per heavy atom. The summed E-state index contributed by atoms with van der Waals surface area (Å²) in [6.45, 7) is 8.37. The van der Waals surface area contributed by atoms with E-state index in [1.807, 2.05) is 30.3 Å². The van der Waals surface area contributed by atoms with Crippen LogP contribution in [-0.2, 0) is 9.53 Å². The Balaban J connectivity index is 1.71. The van der Waals surface area contributed by atoms with Crippen molar-refractivity contribution in [2.24, 2.45) is 5.92 Å². The van der Waals surface area contributed by atoms with Crippen LogP contribution in [0.25, 0.3) is 17.2 Å². The molecule has 1 aliphatic heterocycles. The number of carbonyl (C=O) groups is 1. The van der Waals surface area contributed by atoms with Crippen molar-refractivity contribution >= 4 is 17.7 Å². The van der Waals surface area contributed by atoms with Crippen LogP contribution in [0.2, 0.25) is 0 Å². The molecule has 1 heterocycles. The fraction of sp³-hybridized carbons (Fsp3) is 0.444. The van der Waals surface area contributed by atoms with E-state index in [9.17, 15) is 9.90 Å². The highest BCUT2D eigenvalue weighted by molar-refractivity contribution is 5.94. The van der Waals surface area contributed by atoms with Gasteiger partial charge in [0.15, 0.2) is 0 Å². The molecule has 0 saturated carbocycles. The van der Waals surface area contributed by atoms with Gasteiger partial charge in [0, 0.05) is 23.9 Å². The Morgan fingerprint density at radius 1 is 1.09 bits per heavy atom. The topological polar surface area (TPSA) is 67.8 Å². The van der Waals surface area contributed by atoms with Crippen molar-refractivity contribution in [2.45, 2.75) is 52.5 Å². The molecule has 0 aromatic heterocycles. The molecule has 0 aliphatic carbocycles. The number of fused-ring (bicyclic) bond motifs is 1. The van der Waals surface area contributed by atoms with Crippen LogP contribution in [0.4, 0.5) is 5.69 Å². The van der Waals surface area contributed by atoms with Gasteiger partial charge in [-0.3, -0.25) is 0 Å². The van der Waals surface area contributed by atoms with Gasteiger partial charge in [-0.1, -0.05) is 45.4 Å². The predicted octanol–water partition coefficient (Wildman–Crippen LogP) is 6.25. The largest absolute Gasteiger partial charge is 0.491 e. The molecule has 0 radical (unpaired) electrons. The van der Waals surface area contributed by atoms with Crippen LogP contribution >= 0.6 is 0 Å².